The fraction of sp³-hybridized carbons (Fsp3) is 0.692. The largest absolute Gasteiger partial charge is 0.374 e. The quantitative estimate of drug-likeness (QED) is 0.820. The van der Waals surface area contributed by atoms with Crippen molar-refractivity contribution in [1.82, 2.24) is 9.97 Å². The fourth-order valence-corrected chi connectivity index (χ4v) is 3.27. The first kappa shape index (κ1) is 11.4. The van der Waals surface area contributed by atoms with Crippen molar-refractivity contribution in [3.05, 3.63) is 21.7 Å². The number of H-pyrrole nitrogens is 1. The van der Waals surface area contributed by atoms with E-state index in [9.17, 15) is 0 Å². The monoisotopic (exact) mass is 250 g/mol. The summed E-state index contributed by atoms with van der Waals surface area (Å²) in [6, 6.07) is 0. The van der Waals surface area contributed by atoms with E-state index in [1.165, 1.54) is 18.5 Å². The molecule has 0 spiro atoms. The molecule has 2 aliphatic rings. The molecule has 0 aliphatic carbocycles. The third kappa shape index (κ3) is 1.83. The Bertz CT molecular complexity index is 497. The Hall–Kier alpha value is -0.740. The zero-order valence-electron chi connectivity index (χ0n) is 10.3. The van der Waals surface area contributed by atoms with Gasteiger partial charge in [0.2, 0.25) is 0 Å². The van der Waals surface area contributed by atoms with Crippen molar-refractivity contribution >= 4 is 12.2 Å². The number of aromatic nitrogens is 2. The van der Waals surface area contributed by atoms with Crippen LogP contribution in [-0.4, -0.2) is 22.2 Å². The smallest absolute Gasteiger partial charge is 0.132 e. The molecule has 1 N–H and O–H groups in total. The SMILES string of the molecule is CCc1[nH]c(C2CC3CCC2O3)nc(=S)c1C. The molecule has 3 atom stereocenters. The molecule has 1 aromatic heterocycles. The van der Waals surface area contributed by atoms with E-state index in [-0.39, 0.29) is 0 Å². The second-order valence-corrected chi connectivity index (χ2v) is 5.49. The van der Waals surface area contributed by atoms with Gasteiger partial charge in [-0.25, -0.2) is 4.98 Å². The zero-order valence-corrected chi connectivity index (χ0v) is 11.1. The lowest BCUT2D eigenvalue weighted by Gasteiger charge is -2.19. The predicted molar refractivity (Wildman–Crippen MR) is 68.8 cm³/mol. The second kappa shape index (κ2) is 4.18. The summed E-state index contributed by atoms with van der Waals surface area (Å²) >= 11 is 5.34. The molecule has 2 fully saturated rings. The lowest BCUT2D eigenvalue weighted by Crippen LogP contribution is -2.18. The third-order valence-electron chi connectivity index (χ3n) is 4.09. The number of rotatable bonds is 2. The molecular formula is C13H18N2OS. The van der Waals surface area contributed by atoms with Gasteiger partial charge in [-0.2, -0.15) is 0 Å². The highest BCUT2D eigenvalue weighted by Crippen LogP contribution is 2.43. The Labute approximate surface area is 107 Å². The van der Waals surface area contributed by atoms with Gasteiger partial charge in [0.05, 0.1) is 12.2 Å². The standard InChI is InChI=1S/C13H18N2OS/c1-3-10-7(2)13(17)15-12(14-10)9-6-8-4-5-11(9)16-8/h8-9,11H,3-6H2,1-2H3,(H,14,15,17). The number of nitrogens with zero attached hydrogens (tertiary/aromatic N) is 1. The summed E-state index contributed by atoms with van der Waals surface area (Å²) in [6.45, 7) is 4.19. The van der Waals surface area contributed by atoms with Gasteiger partial charge in [0.1, 0.15) is 10.5 Å². The fourth-order valence-electron chi connectivity index (χ4n) is 3.05. The molecule has 3 rings (SSSR count). The molecule has 17 heavy (non-hydrogen) atoms. The summed E-state index contributed by atoms with van der Waals surface area (Å²) in [5.41, 5.74) is 2.35. The number of ether oxygens (including phenoxy) is 1. The maximum Gasteiger partial charge on any atom is 0.132 e. The molecule has 2 aliphatic heterocycles. The van der Waals surface area contributed by atoms with Crippen molar-refractivity contribution in [2.45, 2.75) is 57.7 Å². The number of hydrogen-bond acceptors (Lipinski definition) is 3. The highest BCUT2D eigenvalue weighted by atomic mass is 32.1. The summed E-state index contributed by atoms with van der Waals surface area (Å²) in [5.74, 6) is 1.48. The normalized spacial score (nSPS) is 31.1. The van der Waals surface area contributed by atoms with Gasteiger partial charge in [0.15, 0.2) is 0 Å². The van der Waals surface area contributed by atoms with Crippen molar-refractivity contribution < 1.29 is 4.74 Å². The molecule has 3 heterocycles. The Kier molecular flexibility index (Phi) is 2.79. The van der Waals surface area contributed by atoms with Crippen molar-refractivity contribution in [2.75, 3.05) is 0 Å². The lowest BCUT2D eigenvalue weighted by molar-refractivity contribution is 0.0998. The Morgan fingerprint density at radius 2 is 2.29 bits per heavy atom. The van der Waals surface area contributed by atoms with Crippen LogP contribution in [0.3, 0.4) is 0 Å². The number of hydrogen-bond donors (Lipinski definition) is 1. The lowest BCUT2D eigenvalue weighted by atomic mass is 9.88. The van der Waals surface area contributed by atoms with E-state index in [0.29, 0.717) is 18.1 Å². The summed E-state index contributed by atoms with van der Waals surface area (Å²) < 4.78 is 6.64. The van der Waals surface area contributed by atoms with Gasteiger partial charge in [0, 0.05) is 17.2 Å². The molecule has 2 saturated heterocycles. The van der Waals surface area contributed by atoms with Crippen LogP contribution in [-0.2, 0) is 11.2 Å². The van der Waals surface area contributed by atoms with Crippen LogP contribution in [0.4, 0.5) is 0 Å². The Balaban J connectivity index is 1.98. The van der Waals surface area contributed by atoms with Gasteiger partial charge < -0.3 is 9.72 Å². The topological polar surface area (TPSA) is 37.9 Å². The summed E-state index contributed by atoms with van der Waals surface area (Å²) in [7, 11) is 0. The van der Waals surface area contributed by atoms with E-state index < -0.39 is 0 Å². The minimum Gasteiger partial charge on any atom is -0.374 e. The summed E-state index contributed by atoms with van der Waals surface area (Å²) in [5, 5.41) is 0. The Morgan fingerprint density at radius 3 is 2.88 bits per heavy atom. The van der Waals surface area contributed by atoms with Crippen molar-refractivity contribution in [3.63, 3.8) is 0 Å². The van der Waals surface area contributed by atoms with Gasteiger partial charge in [-0.15, -0.1) is 0 Å². The van der Waals surface area contributed by atoms with Gasteiger partial charge >= 0.3 is 0 Å². The minimum atomic E-state index is 0.366. The minimum absolute atomic E-state index is 0.366. The molecular weight excluding hydrogens is 232 g/mol. The molecule has 0 amide bonds. The van der Waals surface area contributed by atoms with Crippen LogP contribution < -0.4 is 0 Å². The van der Waals surface area contributed by atoms with Crippen LogP contribution in [0.5, 0.6) is 0 Å². The highest BCUT2D eigenvalue weighted by Gasteiger charge is 2.42. The van der Waals surface area contributed by atoms with E-state index in [2.05, 4.69) is 16.9 Å². The maximum atomic E-state index is 5.89. The Morgan fingerprint density at radius 1 is 1.47 bits per heavy atom. The van der Waals surface area contributed by atoms with Gasteiger partial charge in [-0.1, -0.05) is 19.1 Å². The molecule has 0 aromatic carbocycles. The van der Waals surface area contributed by atoms with Gasteiger partial charge in [-0.05, 0) is 32.6 Å². The summed E-state index contributed by atoms with van der Waals surface area (Å²) in [4.78, 5) is 8.03. The number of aromatic amines is 1. The van der Waals surface area contributed by atoms with E-state index in [4.69, 9.17) is 17.0 Å². The number of aryl methyl sites for hydroxylation is 1. The number of nitrogens with one attached hydrogen (secondary N) is 1. The average molecular weight is 250 g/mol. The van der Waals surface area contributed by atoms with Crippen LogP contribution in [0.15, 0.2) is 0 Å². The molecule has 4 heteroatoms. The first-order valence-corrected chi connectivity index (χ1v) is 6.85. The van der Waals surface area contributed by atoms with E-state index >= 15 is 0 Å². The van der Waals surface area contributed by atoms with Crippen LogP contribution in [0.2, 0.25) is 0 Å². The van der Waals surface area contributed by atoms with E-state index in [1.807, 2.05) is 6.92 Å². The maximum absolute atomic E-state index is 5.89. The van der Waals surface area contributed by atoms with Crippen molar-refractivity contribution in [2.24, 2.45) is 0 Å². The molecule has 3 nitrogen and oxygen atoms in total. The average Bonchev–Trinajstić information content (AvgIpc) is 2.94. The molecule has 0 saturated carbocycles. The van der Waals surface area contributed by atoms with Crippen molar-refractivity contribution in [1.29, 1.82) is 0 Å². The van der Waals surface area contributed by atoms with Crippen LogP contribution >= 0.6 is 12.2 Å². The van der Waals surface area contributed by atoms with Gasteiger partial charge in [-0.3, -0.25) is 0 Å². The highest BCUT2D eigenvalue weighted by molar-refractivity contribution is 7.71. The van der Waals surface area contributed by atoms with Crippen LogP contribution in [0.25, 0.3) is 0 Å². The molecule has 3 unspecified atom stereocenters. The molecule has 92 valence electrons. The van der Waals surface area contributed by atoms with Crippen LogP contribution in [0.1, 0.15) is 49.2 Å². The second-order valence-electron chi connectivity index (χ2n) is 5.10. The molecule has 1 aromatic rings. The third-order valence-corrected chi connectivity index (χ3v) is 4.48. The predicted octanol–water partition coefficient (Wildman–Crippen LogP) is 3.04. The number of fused-ring (bicyclic) bond motifs is 2. The van der Waals surface area contributed by atoms with Gasteiger partial charge in [0.25, 0.3) is 0 Å². The van der Waals surface area contributed by atoms with E-state index in [1.54, 1.807) is 0 Å². The first-order valence-electron chi connectivity index (χ1n) is 6.44. The summed E-state index contributed by atoms with van der Waals surface area (Å²) in [6.07, 6.45) is 5.30. The van der Waals surface area contributed by atoms with E-state index in [0.717, 1.165) is 28.9 Å². The first-order chi connectivity index (χ1) is 8.19. The van der Waals surface area contributed by atoms with Crippen molar-refractivity contribution in [3.8, 4) is 0 Å². The molecule has 0 radical (unpaired) electrons. The van der Waals surface area contributed by atoms with Crippen LogP contribution in [0, 0.1) is 11.6 Å². The zero-order chi connectivity index (χ0) is 12.0. The molecule has 2 bridgehead atoms.